The number of benzene rings is 3. The Labute approximate surface area is 231 Å². The normalized spacial score (nSPS) is 10.9. The molecule has 0 aliphatic rings. The standard InChI is InChI=1S/C31H36N4O4/c1-7-35(31(34-32-4)33-20-23-10-13-26(37-5)14-11-23)21-25-17-22(3)9-15-27(25)28-18-24(12-16-29(28)38-6)19-30(36)39-8-2/h9-18H,7-8,19-21H2,1-3,5-6H3,(H,33,34). The van der Waals surface area contributed by atoms with Gasteiger partial charge in [0.2, 0.25) is 0 Å². The van der Waals surface area contributed by atoms with Crippen molar-refractivity contribution in [2.24, 2.45) is 5.10 Å². The van der Waals surface area contributed by atoms with E-state index in [9.17, 15) is 4.79 Å². The molecule has 0 amide bonds. The average molecular weight is 529 g/mol. The van der Waals surface area contributed by atoms with Gasteiger partial charge in [0.15, 0.2) is 0 Å². The number of carbonyl (C=O) groups excluding carboxylic acids is 1. The molecule has 8 heteroatoms. The van der Waals surface area contributed by atoms with E-state index >= 15 is 0 Å². The van der Waals surface area contributed by atoms with Gasteiger partial charge in [-0.05, 0) is 67.3 Å². The number of methoxy groups -OCH3 is 2. The van der Waals surface area contributed by atoms with Crippen LogP contribution in [0.3, 0.4) is 0 Å². The zero-order valence-corrected chi connectivity index (χ0v) is 23.3. The topological polar surface area (TPSA) is 76.8 Å². The molecule has 0 saturated carbocycles. The van der Waals surface area contributed by atoms with E-state index in [0.717, 1.165) is 39.1 Å². The Balaban J connectivity index is 1.92. The summed E-state index contributed by atoms with van der Waals surface area (Å²) in [5.74, 6) is 1.73. The molecule has 0 unspecified atom stereocenters. The molecule has 0 aliphatic carbocycles. The number of rotatable bonds is 11. The first-order valence-corrected chi connectivity index (χ1v) is 12.9. The van der Waals surface area contributed by atoms with Crippen LogP contribution in [-0.2, 0) is 29.0 Å². The number of hydrogen-bond donors (Lipinski definition) is 1. The van der Waals surface area contributed by atoms with Gasteiger partial charge in [-0.3, -0.25) is 4.79 Å². The van der Waals surface area contributed by atoms with Gasteiger partial charge in [-0.25, -0.2) is 0 Å². The van der Waals surface area contributed by atoms with E-state index < -0.39 is 0 Å². The highest BCUT2D eigenvalue weighted by molar-refractivity contribution is 5.81. The summed E-state index contributed by atoms with van der Waals surface area (Å²) in [6, 6.07) is 19.8. The van der Waals surface area contributed by atoms with Gasteiger partial charge in [-0.1, -0.05) is 42.0 Å². The van der Waals surface area contributed by atoms with E-state index in [-0.39, 0.29) is 12.4 Å². The van der Waals surface area contributed by atoms with Crippen LogP contribution >= 0.6 is 0 Å². The average Bonchev–Trinajstić information content (AvgIpc) is 2.94. The Bertz CT molecular complexity index is 1330. The lowest BCUT2D eigenvalue weighted by Gasteiger charge is -2.25. The SMILES string of the molecule is [C-]#[N+]/N=C(\NCc1ccc(OC)cc1)N(CC)Cc1cc(C)ccc1-c1cc(CC(=O)OCC)ccc1OC. The monoisotopic (exact) mass is 528 g/mol. The fourth-order valence-electron chi connectivity index (χ4n) is 4.29. The van der Waals surface area contributed by atoms with Gasteiger partial charge in [0.1, 0.15) is 16.6 Å². The maximum atomic E-state index is 12.1. The number of ether oxygens (including phenoxy) is 3. The highest BCUT2D eigenvalue weighted by atomic mass is 16.5. The Morgan fingerprint density at radius 1 is 0.974 bits per heavy atom. The first-order valence-electron chi connectivity index (χ1n) is 12.9. The third-order valence-corrected chi connectivity index (χ3v) is 6.27. The molecule has 0 heterocycles. The van der Waals surface area contributed by atoms with Crippen molar-refractivity contribution in [1.82, 2.24) is 10.2 Å². The van der Waals surface area contributed by atoms with Crippen LogP contribution < -0.4 is 14.8 Å². The molecule has 0 aromatic heterocycles. The summed E-state index contributed by atoms with van der Waals surface area (Å²) in [6.07, 6.45) is 0.185. The number of nitrogens with one attached hydrogen (secondary N) is 1. The quantitative estimate of drug-likeness (QED) is 0.115. The minimum absolute atomic E-state index is 0.185. The van der Waals surface area contributed by atoms with Crippen LogP contribution in [0.15, 0.2) is 65.8 Å². The van der Waals surface area contributed by atoms with Crippen LogP contribution in [0.1, 0.15) is 36.1 Å². The van der Waals surface area contributed by atoms with E-state index in [1.807, 2.05) is 61.2 Å². The third kappa shape index (κ3) is 7.99. The van der Waals surface area contributed by atoms with Gasteiger partial charge >= 0.3 is 5.97 Å². The number of nitrogens with zero attached hydrogens (tertiary/aromatic N) is 3. The van der Waals surface area contributed by atoms with Gasteiger partial charge in [0, 0.05) is 25.2 Å². The molecular weight excluding hydrogens is 492 g/mol. The van der Waals surface area contributed by atoms with E-state index in [2.05, 4.69) is 33.6 Å². The molecule has 1 N–H and O–H groups in total. The molecule has 0 radical (unpaired) electrons. The van der Waals surface area contributed by atoms with Gasteiger partial charge in [-0.2, -0.15) is 6.57 Å². The van der Waals surface area contributed by atoms with E-state index in [0.29, 0.717) is 38.0 Å². The number of aryl methyl sites for hydroxylation is 1. The third-order valence-electron chi connectivity index (χ3n) is 6.27. The van der Waals surface area contributed by atoms with Crippen molar-refractivity contribution in [2.75, 3.05) is 27.4 Å². The number of hydrogen-bond acceptors (Lipinski definition) is 5. The van der Waals surface area contributed by atoms with Crippen LogP contribution in [0.2, 0.25) is 0 Å². The smallest absolute Gasteiger partial charge is 0.310 e. The van der Waals surface area contributed by atoms with Gasteiger partial charge in [0.05, 0.1) is 27.2 Å². The van der Waals surface area contributed by atoms with Crippen molar-refractivity contribution in [2.45, 2.75) is 40.3 Å². The summed E-state index contributed by atoms with van der Waals surface area (Å²) in [4.78, 5) is 17.5. The molecular formula is C31H36N4O4. The largest absolute Gasteiger partial charge is 0.497 e. The maximum Gasteiger partial charge on any atom is 0.310 e. The molecule has 0 bridgehead atoms. The van der Waals surface area contributed by atoms with Crippen LogP contribution in [0.25, 0.3) is 16.1 Å². The first-order chi connectivity index (χ1) is 18.9. The fourth-order valence-corrected chi connectivity index (χ4v) is 4.29. The maximum absolute atomic E-state index is 12.1. The molecule has 39 heavy (non-hydrogen) atoms. The minimum atomic E-state index is -0.266. The summed E-state index contributed by atoms with van der Waals surface area (Å²) >= 11 is 0. The molecule has 8 nitrogen and oxygen atoms in total. The molecule has 3 rings (SSSR count). The summed E-state index contributed by atoms with van der Waals surface area (Å²) in [5, 5.41) is 7.42. The summed E-state index contributed by atoms with van der Waals surface area (Å²) in [7, 11) is 3.28. The lowest BCUT2D eigenvalue weighted by atomic mass is 9.94. The van der Waals surface area contributed by atoms with Crippen molar-refractivity contribution in [3.8, 4) is 22.6 Å². The van der Waals surface area contributed by atoms with Crippen LogP contribution in [0.4, 0.5) is 0 Å². The predicted octanol–water partition coefficient (Wildman–Crippen LogP) is 5.59. The van der Waals surface area contributed by atoms with Crippen LogP contribution in [0.5, 0.6) is 11.5 Å². The Morgan fingerprint density at radius 2 is 1.72 bits per heavy atom. The first kappa shape index (κ1) is 29.1. The zero-order valence-electron chi connectivity index (χ0n) is 23.3. The lowest BCUT2D eigenvalue weighted by molar-refractivity contribution is -0.142. The number of esters is 1. The van der Waals surface area contributed by atoms with Gasteiger partial charge in [0.25, 0.3) is 5.96 Å². The summed E-state index contributed by atoms with van der Waals surface area (Å²) in [6.45, 7) is 15.3. The highest BCUT2D eigenvalue weighted by Crippen LogP contribution is 2.34. The molecule has 3 aromatic rings. The highest BCUT2D eigenvalue weighted by Gasteiger charge is 2.18. The predicted molar refractivity (Wildman–Crippen MR) is 153 cm³/mol. The fraction of sp³-hybridized carbons (Fsp3) is 0.323. The summed E-state index contributed by atoms with van der Waals surface area (Å²) < 4.78 is 16.1. The molecule has 0 aliphatic heterocycles. The van der Waals surface area contributed by atoms with E-state index in [4.69, 9.17) is 20.8 Å². The van der Waals surface area contributed by atoms with Crippen molar-refractivity contribution in [3.63, 3.8) is 0 Å². The van der Waals surface area contributed by atoms with Gasteiger partial charge in [-0.15, -0.1) is 4.95 Å². The number of guanidine groups is 1. The van der Waals surface area contributed by atoms with Crippen molar-refractivity contribution < 1.29 is 19.0 Å². The second kappa shape index (κ2) is 14.4. The Kier molecular flexibility index (Phi) is 10.8. The Hall–Kier alpha value is -4.51. The van der Waals surface area contributed by atoms with Crippen LogP contribution in [-0.4, -0.2) is 44.2 Å². The molecule has 204 valence electrons. The molecule has 0 saturated heterocycles. The van der Waals surface area contributed by atoms with Crippen molar-refractivity contribution in [3.05, 3.63) is 94.4 Å². The summed E-state index contributed by atoms with van der Waals surface area (Å²) in [5.41, 5.74) is 5.93. The molecule has 0 fully saturated rings. The van der Waals surface area contributed by atoms with E-state index in [1.165, 1.54) is 0 Å². The van der Waals surface area contributed by atoms with Crippen LogP contribution in [0, 0.1) is 13.5 Å². The molecule has 3 aromatic carbocycles. The van der Waals surface area contributed by atoms with E-state index in [1.54, 1.807) is 21.1 Å². The lowest BCUT2D eigenvalue weighted by Crippen LogP contribution is -2.40. The molecule has 0 atom stereocenters. The van der Waals surface area contributed by atoms with Gasteiger partial charge < -0.3 is 24.4 Å². The number of carbonyl (C=O) groups is 1. The molecule has 0 spiro atoms. The Morgan fingerprint density at radius 3 is 2.36 bits per heavy atom. The van der Waals surface area contributed by atoms with Crippen molar-refractivity contribution >= 4 is 11.9 Å². The second-order valence-corrected chi connectivity index (χ2v) is 8.92. The zero-order chi connectivity index (χ0) is 28.2. The second-order valence-electron chi connectivity index (χ2n) is 8.92. The van der Waals surface area contributed by atoms with Crippen molar-refractivity contribution in [1.29, 1.82) is 0 Å². The minimum Gasteiger partial charge on any atom is -0.497 e.